The van der Waals surface area contributed by atoms with Crippen molar-refractivity contribution < 1.29 is 14.4 Å². The first-order chi connectivity index (χ1) is 13.2. The predicted molar refractivity (Wildman–Crippen MR) is 108 cm³/mol. The lowest BCUT2D eigenvalue weighted by atomic mass is 10.0. The molecule has 1 amide bonds. The smallest absolute Gasteiger partial charge is 0.282 e. The van der Waals surface area contributed by atoms with Crippen LogP contribution in [0.4, 0.5) is 11.4 Å². The van der Waals surface area contributed by atoms with Crippen LogP contribution in [-0.4, -0.2) is 52.3 Å². The van der Waals surface area contributed by atoms with E-state index < -0.39 is 0 Å². The van der Waals surface area contributed by atoms with E-state index in [-0.39, 0.29) is 5.91 Å². The van der Waals surface area contributed by atoms with Crippen LogP contribution in [0.15, 0.2) is 48.5 Å². The molecule has 0 atom stereocenters. The van der Waals surface area contributed by atoms with Crippen LogP contribution < -0.4 is 19.4 Å². The van der Waals surface area contributed by atoms with E-state index in [1.807, 2.05) is 23.1 Å². The Morgan fingerprint density at radius 3 is 2.70 bits per heavy atom. The number of rotatable bonds is 4. The van der Waals surface area contributed by atoms with Crippen LogP contribution in [0.1, 0.15) is 12.0 Å². The molecule has 0 saturated carbocycles. The van der Waals surface area contributed by atoms with Crippen LogP contribution in [0.2, 0.25) is 0 Å². The molecule has 1 N–H and O–H groups in total. The van der Waals surface area contributed by atoms with Gasteiger partial charge in [-0.1, -0.05) is 24.3 Å². The number of carbonyl (C=O) groups is 1. The molecule has 0 spiro atoms. The number of amides is 1. The standard InChI is InChI=1S/C22H27N3O2/c1-27-20-9-4-8-19(16-20)24-14-12-23(13-15-24)17-22(26)25-11-5-7-18-6-2-3-10-21(18)25/h2-4,6,8-10,16H,5,7,11-15,17H2,1H3/p+1. The highest BCUT2D eigenvalue weighted by atomic mass is 16.5. The number of aryl methyl sites for hydroxylation is 1. The van der Waals surface area contributed by atoms with Crippen molar-refractivity contribution in [3.8, 4) is 5.75 Å². The van der Waals surface area contributed by atoms with E-state index in [4.69, 9.17) is 4.74 Å². The van der Waals surface area contributed by atoms with Crippen LogP contribution in [0, 0.1) is 0 Å². The summed E-state index contributed by atoms with van der Waals surface area (Å²) in [6.07, 6.45) is 2.13. The Morgan fingerprint density at radius 2 is 1.89 bits per heavy atom. The van der Waals surface area contributed by atoms with Crippen molar-refractivity contribution in [2.45, 2.75) is 12.8 Å². The van der Waals surface area contributed by atoms with Gasteiger partial charge in [0.25, 0.3) is 5.91 Å². The number of fused-ring (bicyclic) bond motifs is 1. The Morgan fingerprint density at radius 1 is 1.07 bits per heavy atom. The summed E-state index contributed by atoms with van der Waals surface area (Å²) in [6.45, 7) is 5.33. The summed E-state index contributed by atoms with van der Waals surface area (Å²) in [6, 6.07) is 16.5. The molecule has 1 fully saturated rings. The third-order valence-electron chi connectivity index (χ3n) is 5.70. The minimum Gasteiger partial charge on any atom is -0.497 e. The van der Waals surface area contributed by atoms with Gasteiger partial charge in [-0.25, -0.2) is 0 Å². The lowest BCUT2D eigenvalue weighted by molar-refractivity contribution is -0.892. The fourth-order valence-electron chi connectivity index (χ4n) is 4.17. The number of hydrogen-bond donors (Lipinski definition) is 1. The lowest BCUT2D eigenvalue weighted by Gasteiger charge is -2.35. The number of benzene rings is 2. The SMILES string of the molecule is COc1cccc(N2CC[NH+](CC(=O)N3CCCc4ccccc43)CC2)c1. The summed E-state index contributed by atoms with van der Waals surface area (Å²) >= 11 is 0. The van der Waals surface area contributed by atoms with Gasteiger partial charge in [0.05, 0.1) is 33.3 Å². The molecule has 2 aromatic rings. The number of para-hydroxylation sites is 1. The van der Waals surface area contributed by atoms with Gasteiger partial charge in [-0.2, -0.15) is 0 Å². The number of ether oxygens (including phenoxy) is 1. The van der Waals surface area contributed by atoms with E-state index >= 15 is 0 Å². The topological polar surface area (TPSA) is 37.2 Å². The first-order valence-corrected chi connectivity index (χ1v) is 9.85. The second-order valence-corrected chi connectivity index (χ2v) is 7.39. The lowest BCUT2D eigenvalue weighted by Crippen LogP contribution is -3.16. The molecule has 1 saturated heterocycles. The average Bonchev–Trinajstić information content (AvgIpc) is 2.74. The molecule has 0 aliphatic carbocycles. The van der Waals surface area contributed by atoms with Crippen LogP contribution in [0.25, 0.3) is 0 Å². The summed E-state index contributed by atoms with van der Waals surface area (Å²) in [5.74, 6) is 1.15. The zero-order valence-corrected chi connectivity index (χ0v) is 16.0. The quantitative estimate of drug-likeness (QED) is 0.888. The number of carbonyl (C=O) groups excluding carboxylic acids is 1. The van der Waals surface area contributed by atoms with Crippen LogP contribution in [-0.2, 0) is 11.2 Å². The van der Waals surface area contributed by atoms with Crippen LogP contribution in [0.5, 0.6) is 5.75 Å². The number of hydrogen-bond acceptors (Lipinski definition) is 3. The summed E-state index contributed by atoms with van der Waals surface area (Å²) in [7, 11) is 1.70. The minimum absolute atomic E-state index is 0.256. The Labute approximate surface area is 161 Å². The van der Waals surface area contributed by atoms with E-state index in [1.54, 1.807) is 7.11 Å². The van der Waals surface area contributed by atoms with Crippen molar-refractivity contribution in [1.82, 2.24) is 0 Å². The van der Waals surface area contributed by atoms with Gasteiger partial charge in [0.1, 0.15) is 5.75 Å². The maximum atomic E-state index is 12.9. The van der Waals surface area contributed by atoms with Crippen molar-refractivity contribution >= 4 is 17.3 Å². The van der Waals surface area contributed by atoms with Crippen LogP contribution >= 0.6 is 0 Å². The fourth-order valence-corrected chi connectivity index (χ4v) is 4.17. The third-order valence-corrected chi connectivity index (χ3v) is 5.70. The third kappa shape index (κ3) is 3.93. The molecule has 0 radical (unpaired) electrons. The maximum Gasteiger partial charge on any atom is 0.282 e. The van der Waals surface area contributed by atoms with Gasteiger partial charge in [-0.15, -0.1) is 0 Å². The molecule has 2 heterocycles. The highest BCUT2D eigenvalue weighted by molar-refractivity contribution is 5.95. The highest BCUT2D eigenvalue weighted by Gasteiger charge is 2.28. The molecule has 4 rings (SSSR count). The molecular formula is C22H28N3O2+. The Hall–Kier alpha value is -2.53. The number of nitrogens with zero attached hydrogens (tertiary/aromatic N) is 2. The van der Waals surface area contributed by atoms with Gasteiger partial charge >= 0.3 is 0 Å². The predicted octanol–water partition coefficient (Wildman–Crippen LogP) is 1.38. The molecule has 142 valence electrons. The zero-order chi connectivity index (χ0) is 18.6. The summed E-state index contributed by atoms with van der Waals surface area (Å²) < 4.78 is 5.33. The minimum atomic E-state index is 0.256. The molecule has 0 aromatic heterocycles. The number of nitrogens with one attached hydrogen (secondary N) is 1. The van der Waals surface area contributed by atoms with Crippen molar-refractivity contribution in [1.29, 1.82) is 0 Å². The molecule has 2 aromatic carbocycles. The van der Waals surface area contributed by atoms with E-state index in [0.717, 1.165) is 57.0 Å². The van der Waals surface area contributed by atoms with E-state index in [0.29, 0.717) is 6.54 Å². The monoisotopic (exact) mass is 366 g/mol. The van der Waals surface area contributed by atoms with E-state index in [1.165, 1.54) is 16.2 Å². The Bertz CT molecular complexity index is 800. The summed E-state index contributed by atoms with van der Waals surface area (Å²) in [5.41, 5.74) is 3.61. The first kappa shape index (κ1) is 17.9. The van der Waals surface area contributed by atoms with Crippen molar-refractivity contribution in [2.24, 2.45) is 0 Å². The Kier molecular flexibility index (Phi) is 5.30. The highest BCUT2D eigenvalue weighted by Crippen LogP contribution is 2.26. The Balaban J connectivity index is 1.35. The van der Waals surface area contributed by atoms with Gasteiger partial charge in [0.15, 0.2) is 6.54 Å². The molecule has 2 aliphatic heterocycles. The number of methoxy groups -OCH3 is 1. The van der Waals surface area contributed by atoms with Crippen molar-refractivity contribution in [3.63, 3.8) is 0 Å². The van der Waals surface area contributed by atoms with Gasteiger partial charge in [-0.3, -0.25) is 4.79 Å². The van der Waals surface area contributed by atoms with Gasteiger partial charge in [0.2, 0.25) is 0 Å². The fraction of sp³-hybridized carbons (Fsp3) is 0.409. The average molecular weight is 366 g/mol. The number of quaternary nitrogens is 1. The molecule has 0 bridgehead atoms. The molecule has 2 aliphatic rings. The molecule has 27 heavy (non-hydrogen) atoms. The maximum absolute atomic E-state index is 12.9. The zero-order valence-electron chi connectivity index (χ0n) is 16.0. The number of piperazine rings is 1. The van der Waals surface area contributed by atoms with Gasteiger partial charge in [-0.05, 0) is 36.6 Å². The van der Waals surface area contributed by atoms with Crippen molar-refractivity contribution in [3.05, 3.63) is 54.1 Å². The van der Waals surface area contributed by atoms with Crippen molar-refractivity contribution in [2.75, 3.05) is 56.2 Å². The molecular weight excluding hydrogens is 338 g/mol. The largest absolute Gasteiger partial charge is 0.497 e. The second-order valence-electron chi connectivity index (χ2n) is 7.39. The molecule has 5 heteroatoms. The van der Waals surface area contributed by atoms with Crippen LogP contribution in [0.3, 0.4) is 0 Å². The number of anilines is 2. The second kappa shape index (κ2) is 8.01. The van der Waals surface area contributed by atoms with E-state index in [2.05, 4.69) is 35.2 Å². The first-order valence-electron chi connectivity index (χ1n) is 9.85. The van der Waals surface area contributed by atoms with Gasteiger partial charge < -0.3 is 19.4 Å². The molecule has 5 nitrogen and oxygen atoms in total. The molecule has 0 unspecified atom stereocenters. The summed E-state index contributed by atoms with van der Waals surface area (Å²) in [4.78, 5) is 18.7. The normalized spacial score (nSPS) is 17.5. The van der Waals surface area contributed by atoms with E-state index in [9.17, 15) is 4.79 Å². The summed E-state index contributed by atoms with van der Waals surface area (Å²) in [5, 5.41) is 0. The van der Waals surface area contributed by atoms with Gasteiger partial charge in [0, 0.05) is 24.0 Å².